The summed E-state index contributed by atoms with van der Waals surface area (Å²) >= 11 is 1.53. The molecule has 1 heterocycles. The maximum Gasteiger partial charge on any atom is 0.239 e. The Bertz CT molecular complexity index is 403. The molecule has 2 rings (SSSR count). The molecular weight excluding hydrogens is 220 g/mol. The van der Waals surface area contributed by atoms with Gasteiger partial charge in [0.1, 0.15) is 0 Å². The molecule has 0 unspecified atom stereocenters. The number of hydrogen-bond acceptors (Lipinski definition) is 3. The van der Waals surface area contributed by atoms with E-state index in [2.05, 4.69) is 4.99 Å². The van der Waals surface area contributed by atoms with Gasteiger partial charge in [0.25, 0.3) is 0 Å². The molecule has 0 bridgehead atoms. The van der Waals surface area contributed by atoms with E-state index in [1.165, 1.54) is 17.3 Å². The number of hydrogen-bond donors (Lipinski definition) is 0. The fraction of sp³-hybridized carbons (Fsp3) is 0.333. The van der Waals surface area contributed by atoms with Gasteiger partial charge in [-0.25, -0.2) is 0 Å². The van der Waals surface area contributed by atoms with Crippen molar-refractivity contribution >= 4 is 22.8 Å². The van der Waals surface area contributed by atoms with Gasteiger partial charge in [-0.3, -0.25) is 14.7 Å². The molecule has 1 aliphatic rings. The highest BCUT2D eigenvalue weighted by atomic mass is 32.2. The minimum atomic E-state index is 0.166. The summed E-state index contributed by atoms with van der Waals surface area (Å²) in [6, 6.07) is 10.1. The van der Waals surface area contributed by atoms with Crippen LogP contribution in [-0.2, 0) is 11.3 Å². The monoisotopic (exact) mass is 234 g/mol. The molecule has 0 saturated carbocycles. The van der Waals surface area contributed by atoms with Crippen LogP contribution in [0.25, 0.3) is 0 Å². The maximum absolute atomic E-state index is 11.5. The molecule has 1 aromatic rings. The number of carbonyl (C=O) groups is 1. The highest BCUT2D eigenvalue weighted by Crippen LogP contribution is 2.19. The normalized spacial score (nSPS) is 18.4. The Morgan fingerprint density at radius 2 is 2.12 bits per heavy atom. The first kappa shape index (κ1) is 11.2. The van der Waals surface area contributed by atoms with Crippen LogP contribution in [-0.4, -0.2) is 28.3 Å². The number of amides is 1. The van der Waals surface area contributed by atoms with Crippen molar-refractivity contribution in [2.75, 3.05) is 12.3 Å². The van der Waals surface area contributed by atoms with Crippen molar-refractivity contribution in [2.24, 2.45) is 4.99 Å². The Labute approximate surface area is 99.6 Å². The van der Waals surface area contributed by atoms with Crippen LogP contribution in [0.4, 0.5) is 0 Å². The highest BCUT2D eigenvalue weighted by molar-refractivity contribution is 8.15. The predicted octanol–water partition coefficient (Wildman–Crippen LogP) is 2.14. The van der Waals surface area contributed by atoms with E-state index >= 15 is 0 Å². The summed E-state index contributed by atoms with van der Waals surface area (Å²) < 4.78 is 0. The fourth-order valence-corrected chi connectivity index (χ4v) is 2.52. The molecule has 0 atom stereocenters. The van der Waals surface area contributed by atoms with Crippen molar-refractivity contribution in [3.05, 3.63) is 35.9 Å². The number of aliphatic imine (C=N–C) groups is 1. The second-order valence-electron chi connectivity index (χ2n) is 3.51. The zero-order chi connectivity index (χ0) is 11.4. The lowest BCUT2D eigenvalue weighted by molar-refractivity contribution is -0.123. The molecule has 4 heteroatoms. The lowest BCUT2D eigenvalue weighted by Crippen LogP contribution is -2.29. The van der Waals surface area contributed by atoms with Crippen molar-refractivity contribution in [3.8, 4) is 0 Å². The van der Waals surface area contributed by atoms with Gasteiger partial charge in [0.15, 0.2) is 5.17 Å². The van der Waals surface area contributed by atoms with Crippen LogP contribution in [0.3, 0.4) is 0 Å². The molecule has 0 aliphatic carbocycles. The summed E-state index contributed by atoms with van der Waals surface area (Å²) in [6.07, 6.45) is 0. The van der Waals surface area contributed by atoms with Crippen molar-refractivity contribution < 1.29 is 4.79 Å². The second-order valence-corrected chi connectivity index (χ2v) is 4.45. The number of amidine groups is 1. The van der Waals surface area contributed by atoms with Crippen molar-refractivity contribution in [1.29, 1.82) is 0 Å². The predicted molar refractivity (Wildman–Crippen MR) is 67.4 cm³/mol. The first-order valence-electron chi connectivity index (χ1n) is 5.33. The van der Waals surface area contributed by atoms with Gasteiger partial charge < -0.3 is 0 Å². The topological polar surface area (TPSA) is 32.7 Å². The van der Waals surface area contributed by atoms with E-state index in [-0.39, 0.29) is 5.91 Å². The molecule has 1 amide bonds. The molecule has 1 aromatic carbocycles. The molecular formula is C12H14N2OS. The third-order valence-corrected chi connectivity index (χ3v) is 3.41. The third kappa shape index (κ3) is 2.44. The molecule has 16 heavy (non-hydrogen) atoms. The molecule has 1 saturated heterocycles. The Morgan fingerprint density at radius 3 is 2.81 bits per heavy atom. The quantitative estimate of drug-likeness (QED) is 0.802. The van der Waals surface area contributed by atoms with E-state index < -0.39 is 0 Å². The van der Waals surface area contributed by atoms with Crippen molar-refractivity contribution in [1.82, 2.24) is 4.90 Å². The van der Waals surface area contributed by atoms with Crippen LogP contribution in [0.15, 0.2) is 35.3 Å². The number of benzene rings is 1. The first-order chi connectivity index (χ1) is 7.81. The summed E-state index contributed by atoms with van der Waals surface area (Å²) in [5, 5.41) is 0.858. The zero-order valence-electron chi connectivity index (χ0n) is 9.22. The molecule has 0 N–H and O–H groups in total. The summed E-state index contributed by atoms with van der Waals surface area (Å²) in [5.41, 5.74) is 1.17. The Hall–Kier alpha value is -1.29. The van der Waals surface area contributed by atoms with E-state index in [4.69, 9.17) is 0 Å². The van der Waals surface area contributed by atoms with Gasteiger partial charge in [-0.15, -0.1) is 0 Å². The molecule has 0 radical (unpaired) electrons. The van der Waals surface area contributed by atoms with Gasteiger partial charge in [-0.1, -0.05) is 42.1 Å². The van der Waals surface area contributed by atoms with Gasteiger partial charge in [0, 0.05) is 6.54 Å². The molecule has 0 aromatic heterocycles. The van der Waals surface area contributed by atoms with Crippen molar-refractivity contribution in [2.45, 2.75) is 13.5 Å². The van der Waals surface area contributed by atoms with Crippen molar-refractivity contribution in [3.63, 3.8) is 0 Å². The average molecular weight is 234 g/mol. The molecule has 84 valence electrons. The lowest BCUT2D eigenvalue weighted by atomic mass is 10.2. The minimum Gasteiger partial charge on any atom is -0.291 e. The van der Waals surface area contributed by atoms with E-state index in [0.29, 0.717) is 18.8 Å². The summed E-state index contributed by atoms with van der Waals surface area (Å²) in [6.45, 7) is 3.33. The number of rotatable bonds is 3. The van der Waals surface area contributed by atoms with Gasteiger partial charge in [0.2, 0.25) is 5.91 Å². The number of nitrogens with zero attached hydrogens (tertiary/aromatic N) is 2. The average Bonchev–Trinajstić information content (AvgIpc) is 2.68. The van der Waals surface area contributed by atoms with Crippen LogP contribution in [0.5, 0.6) is 0 Å². The van der Waals surface area contributed by atoms with Gasteiger partial charge in [0.05, 0.1) is 12.3 Å². The third-order valence-electron chi connectivity index (χ3n) is 2.41. The Morgan fingerprint density at radius 1 is 1.38 bits per heavy atom. The smallest absolute Gasteiger partial charge is 0.239 e. The fourth-order valence-electron chi connectivity index (χ4n) is 1.57. The van der Waals surface area contributed by atoms with Crippen LogP contribution >= 0.6 is 11.8 Å². The van der Waals surface area contributed by atoms with Gasteiger partial charge in [-0.05, 0) is 12.5 Å². The molecule has 3 nitrogen and oxygen atoms in total. The lowest BCUT2D eigenvalue weighted by Gasteiger charge is -2.12. The molecule has 1 aliphatic heterocycles. The SMILES string of the molecule is CCN1C(=O)CSC1=NCc1ccccc1. The first-order valence-corrected chi connectivity index (χ1v) is 6.31. The van der Waals surface area contributed by atoms with E-state index in [1.807, 2.05) is 37.3 Å². The summed E-state index contributed by atoms with van der Waals surface area (Å²) in [5.74, 6) is 0.695. The standard InChI is InChI=1S/C12H14N2OS/c1-2-14-11(15)9-16-12(14)13-8-10-6-4-3-5-7-10/h3-7H,2,8-9H2,1H3. The summed E-state index contributed by atoms with van der Waals surface area (Å²) in [4.78, 5) is 17.7. The minimum absolute atomic E-state index is 0.166. The van der Waals surface area contributed by atoms with Gasteiger partial charge in [-0.2, -0.15) is 0 Å². The van der Waals surface area contributed by atoms with E-state index in [1.54, 1.807) is 4.90 Å². The number of thioether (sulfide) groups is 1. The van der Waals surface area contributed by atoms with Crippen LogP contribution in [0.1, 0.15) is 12.5 Å². The Kier molecular flexibility index (Phi) is 3.62. The zero-order valence-corrected chi connectivity index (χ0v) is 10.0. The van der Waals surface area contributed by atoms with Crippen LogP contribution < -0.4 is 0 Å². The maximum atomic E-state index is 11.5. The van der Waals surface area contributed by atoms with Crippen LogP contribution in [0.2, 0.25) is 0 Å². The highest BCUT2D eigenvalue weighted by Gasteiger charge is 2.25. The molecule has 0 spiro atoms. The van der Waals surface area contributed by atoms with Crippen LogP contribution in [0, 0.1) is 0 Å². The van der Waals surface area contributed by atoms with Gasteiger partial charge >= 0.3 is 0 Å². The second kappa shape index (κ2) is 5.16. The van der Waals surface area contributed by atoms with E-state index in [0.717, 1.165) is 5.17 Å². The van der Waals surface area contributed by atoms with E-state index in [9.17, 15) is 4.79 Å². The Balaban J connectivity index is 2.05. The molecule has 1 fully saturated rings. The largest absolute Gasteiger partial charge is 0.291 e. The number of carbonyl (C=O) groups excluding carboxylic acids is 1. The summed E-state index contributed by atoms with van der Waals surface area (Å²) in [7, 11) is 0.